The highest BCUT2D eigenvalue weighted by Gasteiger charge is 2.16. The van der Waals surface area contributed by atoms with Gasteiger partial charge >= 0.3 is 0 Å². The number of hydrogen-bond acceptors (Lipinski definition) is 3. The molecule has 0 aliphatic carbocycles. The molecular weight excluding hydrogens is 271 g/mol. The first kappa shape index (κ1) is 11.4. The first-order valence-corrected chi connectivity index (χ1v) is 6.66. The lowest BCUT2D eigenvalue weighted by molar-refractivity contribution is 0.228. The first-order valence-electron chi connectivity index (χ1n) is 4.27. The second-order valence-corrected chi connectivity index (χ2v) is 6.58. The van der Waals surface area contributed by atoms with Crippen molar-refractivity contribution in [2.24, 2.45) is 0 Å². The molecule has 0 bridgehead atoms. The Balaban J connectivity index is 2.31. The zero-order chi connectivity index (χ0) is 11.0. The molecule has 1 nitrogen and oxygen atoms in total. The molecule has 1 atom stereocenters. The van der Waals surface area contributed by atoms with E-state index in [2.05, 4.69) is 0 Å². The van der Waals surface area contributed by atoms with Gasteiger partial charge in [0, 0.05) is 9.75 Å². The predicted octanol–water partition coefficient (Wildman–Crippen LogP) is 4.51. The van der Waals surface area contributed by atoms with E-state index in [-0.39, 0.29) is 0 Å². The average molecular weight is 279 g/mol. The summed E-state index contributed by atoms with van der Waals surface area (Å²) in [5.41, 5.74) is 0.998. The van der Waals surface area contributed by atoms with Crippen molar-refractivity contribution in [2.45, 2.75) is 13.0 Å². The Labute approximate surface area is 106 Å². The topological polar surface area (TPSA) is 20.2 Å². The third-order valence-corrected chi connectivity index (χ3v) is 4.90. The predicted molar refractivity (Wildman–Crippen MR) is 67.5 cm³/mol. The Bertz CT molecular complexity index is 456. The minimum Gasteiger partial charge on any atom is -0.382 e. The number of aliphatic hydroxyl groups excluding tert-OH is 1. The zero-order valence-electron chi connectivity index (χ0n) is 7.83. The van der Waals surface area contributed by atoms with Gasteiger partial charge in [0.2, 0.25) is 0 Å². The van der Waals surface area contributed by atoms with E-state index in [4.69, 9.17) is 23.2 Å². The van der Waals surface area contributed by atoms with Crippen molar-refractivity contribution in [3.8, 4) is 0 Å². The first-order chi connectivity index (χ1) is 7.08. The molecule has 1 N–H and O–H groups in total. The van der Waals surface area contributed by atoms with E-state index in [0.29, 0.717) is 4.34 Å². The van der Waals surface area contributed by atoms with E-state index < -0.39 is 6.10 Å². The van der Waals surface area contributed by atoms with Gasteiger partial charge in [0.1, 0.15) is 6.10 Å². The van der Waals surface area contributed by atoms with Gasteiger partial charge in [0.05, 0.1) is 8.67 Å². The van der Waals surface area contributed by atoms with E-state index in [1.165, 1.54) is 22.7 Å². The summed E-state index contributed by atoms with van der Waals surface area (Å²) in [7, 11) is 0. The molecule has 5 heteroatoms. The molecule has 0 radical (unpaired) electrons. The highest BCUT2D eigenvalue weighted by atomic mass is 35.5. The van der Waals surface area contributed by atoms with Crippen LogP contribution in [0.5, 0.6) is 0 Å². The maximum Gasteiger partial charge on any atom is 0.122 e. The van der Waals surface area contributed by atoms with Crippen molar-refractivity contribution < 1.29 is 5.11 Å². The van der Waals surface area contributed by atoms with Crippen molar-refractivity contribution in [3.63, 3.8) is 0 Å². The van der Waals surface area contributed by atoms with Crippen LogP contribution in [-0.2, 0) is 0 Å². The van der Waals surface area contributed by atoms with E-state index >= 15 is 0 Å². The summed E-state index contributed by atoms with van der Waals surface area (Å²) < 4.78 is 1.41. The summed E-state index contributed by atoms with van der Waals surface area (Å²) in [5.74, 6) is 0. The number of rotatable bonds is 2. The average Bonchev–Trinajstić information content (AvgIpc) is 2.74. The second kappa shape index (κ2) is 4.44. The molecule has 2 aromatic heterocycles. The standard InChI is InChI=1S/C10H8Cl2OS2/c1-5-4-7(15-10(5)12)9(13)6-2-3-8(11)14-6/h2-4,9,13H,1H3. The molecule has 2 heterocycles. The quantitative estimate of drug-likeness (QED) is 0.857. The molecule has 1 unspecified atom stereocenters. The Morgan fingerprint density at radius 2 is 1.93 bits per heavy atom. The maximum atomic E-state index is 10.0. The number of aryl methyl sites for hydroxylation is 1. The summed E-state index contributed by atoms with van der Waals surface area (Å²) in [6.45, 7) is 1.93. The molecule has 0 aliphatic heterocycles. The van der Waals surface area contributed by atoms with Gasteiger partial charge in [-0.1, -0.05) is 23.2 Å². The Morgan fingerprint density at radius 3 is 2.40 bits per heavy atom. The molecule has 15 heavy (non-hydrogen) atoms. The number of aliphatic hydroxyl groups is 1. The van der Waals surface area contributed by atoms with Gasteiger partial charge in [0.25, 0.3) is 0 Å². The fourth-order valence-electron chi connectivity index (χ4n) is 1.23. The highest BCUT2D eigenvalue weighted by Crippen LogP contribution is 2.37. The summed E-state index contributed by atoms with van der Waals surface area (Å²) in [6.07, 6.45) is -0.612. The Hall–Kier alpha value is -0.0600. The van der Waals surface area contributed by atoms with Gasteiger partial charge in [-0.15, -0.1) is 22.7 Å². The van der Waals surface area contributed by atoms with Crippen molar-refractivity contribution >= 4 is 45.9 Å². The van der Waals surface area contributed by atoms with Crippen molar-refractivity contribution in [1.29, 1.82) is 0 Å². The van der Waals surface area contributed by atoms with E-state index in [0.717, 1.165) is 19.7 Å². The molecule has 0 aliphatic rings. The van der Waals surface area contributed by atoms with Crippen LogP contribution in [0.4, 0.5) is 0 Å². The summed E-state index contributed by atoms with van der Waals surface area (Å²) in [4.78, 5) is 1.70. The Kier molecular flexibility index (Phi) is 3.38. The number of halogens is 2. The van der Waals surface area contributed by atoms with Gasteiger partial charge in [-0.3, -0.25) is 0 Å². The molecule has 80 valence electrons. The lowest BCUT2D eigenvalue weighted by Crippen LogP contribution is -1.92. The van der Waals surface area contributed by atoms with E-state index in [9.17, 15) is 5.11 Å². The van der Waals surface area contributed by atoms with Crippen LogP contribution in [0.3, 0.4) is 0 Å². The van der Waals surface area contributed by atoms with Crippen LogP contribution in [0.1, 0.15) is 21.4 Å². The second-order valence-electron chi connectivity index (χ2n) is 3.15. The minimum atomic E-state index is -0.612. The zero-order valence-corrected chi connectivity index (χ0v) is 11.0. The molecule has 2 aromatic rings. The van der Waals surface area contributed by atoms with Gasteiger partial charge < -0.3 is 5.11 Å². The van der Waals surface area contributed by atoms with Gasteiger partial charge in [-0.05, 0) is 30.7 Å². The minimum absolute atomic E-state index is 0.612. The summed E-state index contributed by atoms with van der Waals surface area (Å²) in [6, 6.07) is 5.53. The third kappa shape index (κ3) is 2.37. The summed E-state index contributed by atoms with van der Waals surface area (Å²) >= 11 is 14.6. The van der Waals surface area contributed by atoms with E-state index in [1.807, 2.05) is 19.1 Å². The van der Waals surface area contributed by atoms with Crippen molar-refractivity contribution in [3.05, 3.63) is 42.2 Å². The number of thiophene rings is 2. The smallest absolute Gasteiger partial charge is 0.122 e. The summed E-state index contributed by atoms with van der Waals surface area (Å²) in [5, 5.41) is 10.0. The third-order valence-electron chi connectivity index (χ3n) is 2.01. The monoisotopic (exact) mass is 278 g/mol. The lowest BCUT2D eigenvalue weighted by Gasteiger charge is -2.04. The van der Waals surface area contributed by atoms with Crippen LogP contribution in [0, 0.1) is 6.92 Å². The Morgan fingerprint density at radius 1 is 1.20 bits per heavy atom. The van der Waals surface area contributed by atoms with Crippen molar-refractivity contribution in [1.82, 2.24) is 0 Å². The van der Waals surface area contributed by atoms with Gasteiger partial charge in [-0.2, -0.15) is 0 Å². The fourth-order valence-corrected chi connectivity index (χ4v) is 3.60. The molecule has 2 rings (SSSR count). The van der Waals surface area contributed by atoms with Crippen LogP contribution in [0.15, 0.2) is 18.2 Å². The van der Waals surface area contributed by atoms with Gasteiger partial charge in [-0.25, -0.2) is 0 Å². The van der Waals surface area contributed by atoms with Crippen LogP contribution in [0.25, 0.3) is 0 Å². The van der Waals surface area contributed by atoms with Crippen LogP contribution in [0.2, 0.25) is 8.67 Å². The van der Waals surface area contributed by atoms with Crippen LogP contribution in [-0.4, -0.2) is 5.11 Å². The molecule has 0 fully saturated rings. The fraction of sp³-hybridized carbons (Fsp3) is 0.200. The van der Waals surface area contributed by atoms with Gasteiger partial charge in [0.15, 0.2) is 0 Å². The number of hydrogen-bond donors (Lipinski definition) is 1. The lowest BCUT2D eigenvalue weighted by atomic mass is 10.2. The molecule has 0 saturated carbocycles. The SMILES string of the molecule is Cc1cc(C(O)c2ccc(Cl)s2)sc1Cl. The largest absolute Gasteiger partial charge is 0.382 e. The maximum absolute atomic E-state index is 10.0. The van der Waals surface area contributed by atoms with Crippen molar-refractivity contribution in [2.75, 3.05) is 0 Å². The van der Waals surface area contributed by atoms with Crippen LogP contribution >= 0.6 is 45.9 Å². The van der Waals surface area contributed by atoms with E-state index in [1.54, 1.807) is 6.07 Å². The molecular formula is C10H8Cl2OS2. The molecule has 0 amide bonds. The molecule has 0 spiro atoms. The van der Waals surface area contributed by atoms with Crippen LogP contribution < -0.4 is 0 Å². The normalized spacial score (nSPS) is 13.1. The molecule has 0 aromatic carbocycles. The highest BCUT2D eigenvalue weighted by molar-refractivity contribution is 7.17. The molecule has 0 saturated heterocycles.